The Balaban J connectivity index is 1.70. The van der Waals surface area contributed by atoms with E-state index in [0.29, 0.717) is 17.1 Å². The molecule has 11 heteroatoms. The summed E-state index contributed by atoms with van der Waals surface area (Å²) in [6, 6.07) is 8.09. The molecule has 0 aliphatic carbocycles. The first-order valence-corrected chi connectivity index (χ1v) is 9.72. The van der Waals surface area contributed by atoms with E-state index in [0.717, 1.165) is 23.4 Å². The first-order chi connectivity index (χ1) is 14.2. The third-order valence-corrected chi connectivity index (χ3v) is 5.57. The molecule has 3 aromatic rings. The molecular formula is C19H16ClF3N4O2S. The molecule has 158 valence electrons. The molecule has 0 unspecified atom stereocenters. The number of imidazole rings is 1. The van der Waals surface area contributed by atoms with Gasteiger partial charge in [0, 0.05) is 19.8 Å². The zero-order chi connectivity index (χ0) is 21.9. The van der Waals surface area contributed by atoms with Crippen molar-refractivity contribution in [2.24, 2.45) is 7.05 Å². The van der Waals surface area contributed by atoms with Gasteiger partial charge in [-0.25, -0.2) is 9.97 Å². The molecule has 6 nitrogen and oxygen atoms in total. The lowest BCUT2D eigenvalue weighted by Gasteiger charge is -2.10. The van der Waals surface area contributed by atoms with E-state index in [1.165, 1.54) is 10.8 Å². The molecule has 1 N–H and O–H groups in total. The number of pyridine rings is 1. The summed E-state index contributed by atoms with van der Waals surface area (Å²) in [7, 11) is 3.18. The van der Waals surface area contributed by atoms with Crippen LogP contribution in [0.25, 0.3) is 0 Å². The van der Waals surface area contributed by atoms with E-state index >= 15 is 0 Å². The van der Waals surface area contributed by atoms with E-state index in [1.807, 2.05) is 18.2 Å². The van der Waals surface area contributed by atoms with Crippen molar-refractivity contribution in [3.05, 3.63) is 64.6 Å². The topological polar surface area (TPSA) is 69.0 Å². The summed E-state index contributed by atoms with van der Waals surface area (Å²) in [6.45, 7) is 0.288. The average molecular weight is 457 g/mol. The summed E-state index contributed by atoms with van der Waals surface area (Å²) < 4.78 is 44.9. The Morgan fingerprint density at radius 1 is 1.27 bits per heavy atom. The van der Waals surface area contributed by atoms with Crippen molar-refractivity contribution >= 4 is 29.3 Å². The van der Waals surface area contributed by atoms with Crippen LogP contribution >= 0.6 is 23.4 Å². The first kappa shape index (κ1) is 22.0. The van der Waals surface area contributed by atoms with Gasteiger partial charge >= 0.3 is 6.18 Å². The number of benzene rings is 1. The molecule has 3 rings (SSSR count). The Morgan fingerprint density at radius 3 is 2.70 bits per heavy atom. The van der Waals surface area contributed by atoms with Crippen molar-refractivity contribution in [2.45, 2.75) is 22.9 Å². The van der Waals surface area contributed by atoms with Crippen LogP contribution in [-0.4, -0.2) is 27.6 Å². The summed E-state index contributed by atoms with van der Waals surface area (Å²) in [5, 5.41) is 3.15. The van der Waals surface area contributed by atoms with Gasteiger partial charge in [-0.2, -0.15) is 13.2 Å². The molecule has 0 bridgehead atoms. The predicted molar refractivity (Wildman–Crippen MR) is 106 cm³/mol. The van der Waals surface area contributed by atoms with Crippen LogP contribution in [0.4, 0.5) is 13.2 Å². The molecule has 1 aromatic carbocycles. The van der Waals surface area contributed by atoms with Crippen molar-refractivity contribution in [2.75, 3.05) is 7.11 Å². The number of carbonyl (C=O) groups excluding carboxylic acids is 1. The highest BCUT2D eigenvalue weighted by Gasteiger charge is 2.31. The number of hydrogen-bond donors (Lipinski definition) is 1. The number of halogens is 4. The van der Waals surface area contributed by atoms with Crippen molar-refractivity contribution in [1.82, 2.24) is 19.9 Å². The van der Waals surface area contributed by atoms with E-state index in [1.54, 1.807) is 20.2 Å². The minimum atomic E-state index is -4.53. The van der Waals surface area contributed by atoms with E-state index in [-0.39, 0.29) is 28.2 Å². The second kappa shape index (κ2) is 8.97. The molecule has 0 saturated carbocycles. The molecule has 2 heterocycles. The van der Waals surface area contributed by atoms with Crippen LogP contribution in [0.15, 0.2) is 52.9 Å². The zero-order valence-electron chi connectivity index (χ0n) is 15.8. The summed E-state index contributed by atoms with van der Waals surface area (Å²) >= 11 is 6.90. The minimum Gasteiger partial charge on any atom is -0.497 e. The van der Waals surface area contributed by atoms with Crippen LogP contribution in [0, 0.1) is 0 Å². The normalized spacial score (nSPS) is 11.4. The fraction of sp³-hybridized carbons (Fsp3) is 0.211. The fourth-order valence-electron chi connectivity index (χ4n) is 2.50. The smallest absolute Gasteiger partial charge is 0.417 e. The number of nitrogens with one attached hydrogen (secondary N) is 1. The summed E-state index contributed by atoms with van der Waals surface area (Å²) in [6.07, 6.45) is -2.45. The molecule has 2 aromatic heterocycles. The van der Waals surface area contributed by atoms with Crippen LogP contribution in [0.1, 0.15) is 21.6 Å². The number of aromatic nitrogens is 3. The largest absolute Gasteiger partial charge is 0.497 e. The Kier molecular flexibility index (Phi) is 6.57. The zero-order valence-corrected chi connectivity index (χ0v) is 17.4. The number of alkyl halides is 3. The van der Waals surface area contributed by atoms with Gasteiger partial charge in [0.2, 0.25) is 0 Å². The van der Waals surface area contributed by atoms with E-state index in [4.69, 9.17) is 16.3 Å². The number of nitrogens with zero attached hydrogens (tertiary/aromatic N) is 3. The SMILES string of the molecule is COc1cccc(CNC(=O)c2cnc(Sc3ncc(C(F)(F)F)cc3Cl)n2C)c1. The summed E-state index contributed by atoms with van der Waals surface area (Å²) in [5.74, 6) is 0.327. The van der Waals surface area contributed by atoms with Crippen LogP contribution < -0.4 is 10.1 Å². The van der Waals surface area contributed by atoms with Crippen LogP contribution in [0.2, 0.25) is 5.02 Å². The number of hydrogen-bond acceptors (Lipinski definition) is 5. The van der Waals surface area contributed by atoms with Crippen LogP contribution in [0.3, 0.4) is 0 Å². The van der Waals surface area contributed by atoms with Gasteiger partial charge in [0.1, 0.15) is 16.5 Å². The highest BCUT2D eigenvalue weighted by molar-refractivity contribution is 7.99. The highest BCUT2D eigenvalue weighted by atomic mass is 35.5. The lowest BCUT2D eigenvalue weighted by molar-refractivity contribution is -0.137. The molecule has 0 radical (unpaired) electrons. The van der Waals surface area contributed by atoms with Crippen LogP contribution in [0.5, 0.6) is 5.75 Å². The Morgan fingerprint density at radius 2 is 2.03 bits per heavy atom. The third kappa shape index (κ3) is 5.06. The van der Waals surface area contributed by atoms with Crippen molar-refractivity contribution in [1.29, 1.82) is 0 Å². The molecule has 30 heavy (non-hydrogen) atoms. The van der Waals surface area contributed by atoms with Gasteiger partial charge in [0.15, 0.2) is 5.16 Å². The lowest BCUT2D eigenvalue weighted by Crippen LogP contribution is -2.25. The van der Waals surface area contributed by atoms with E-state index < -0.39 is 11.7 Å². The Labute approximate surface area is 179 Å². The van der Waals surface area contributed by atoms with E-state index in [2.05, 4.69) is 15.3 Å². The number of ether oxygens (including phenoxy) is 1. The maximum atomic E-state index is 12.7. The van der Waals surface area contributed by atoms with Crippen molar-refractivity contribution in [3.8, 4) is 5.75 Å². The molecule has 0 saturated heterocycles. The summed E-state index contributed by atoms with van der Waals surface area (Å²) in [5.41, 5.74) is 0.206. The second-order valence-corrected chi connectivity index (χ2v) is 7.49. The maximum absolute atomic E-state index is 12.7. The predicted octanol–water partition coefficient (Wildman–Crippen LogP) is 4.58. The number of amides is 1. The van der Waals surface area contributed by atoms with Crippen molar-refractivity contribution < 1.29 is 22.7 Å². The lowest BCUT2D eigenvalue weighted by atomic mass is 10.2. The maximum Gasteiger partial charge on any atom is 0.417 e. The van der Waals surface area contributed by atoms with Gasteiger partial charge in [-0.1, -0.05) is 23.7 Å². The standard InChI is InChI=1S/C19H16ClF3N4O2S/c1-27-15(16(28)24-8-11-4-3-5-13(6-11)29-2)10-26-18(27)30-17-14(20)7-12(9-25-17)19(21,22)23/h3-7,9-10H,8H2,1-2H3,(H,24,28). The molecule has 0 atom stereocenters. The minimum absolute atomic E-state index is 0.151. The molecule has 0 fully saturated rings. The number of carbonyl (C=O) groups is 1. The second-order valence-electron chi connectivity index (χ2n) is 6.13. The van der Waals surface area contributed by atoms with Crippen LogP contribution in [-0.2, 0) is 19.8 Å². The Hall–Kier alpha value is -2.72. The molecular weight excluding hydrogens is 441 g/mol. The van der Waals surface area contributed by atoms with Gasteiger partial charge in [-0.15, -0.1) is 0 Å². The number of rotatable bonds is 6. The number of methoxy groups -OCH3 is 1. The molecule has 1 amide bonds. The fourth-order valence-corrected chi connectivity index (χ4v) is 3.55. The summed E-state index contributed by atoms with van der Waals surface area (Å²) in [4.78, 5) is 20.4. The molecule has 0 spiro atoms. The monoisotopic (exact) mass is 456 g/mol. The van der Waals surface area contributed by atoms with Gasteiger partial charge in [0.05, 0.1) is 23.9 Å². The Bertz CT molecular complexity index is 1070. The first-order valence-electron chi connectivity index (χ1n) is 8.52. The van der Waals surface area contributed by atoms with Gasteiger partial charge in [-0.3, -0.25) is 4.79 Å². The molecule has 0 aliphatic rings. The van der Waals surface area contributed by atoms with Gasteiger partial charge in [-0.05, 0) is 35.5 Å². The third-order valence-electron chi connectivity index (χ3n) is 4.09. The highest BCUT2D eigenvalue weighted by Crippen LogP contribution is 2.35. The van der Waals surface area contributed by atoms with E-state index in [9.17, 15) is 18.0 Å². The van der Waals surface area contributed by atoms with Gasteiger partial charge in [0.25, 0.3) is 5.91 Å². The van der Waals surface area contributed by atoms with Crippen molar-refractivity contribution in [3.63, 3.8) is 0 Å². The molecule has 0 aliphatic heterocycles. The average Bonchev–Trinajstić information content (AvgIpc) is 3.07. The quantitative estimate of drug-likeness (QED) is 0.588. The van der Waals surface area contributed by atoms with Gasteiger partial charge < -0.3 is 14.6 Å².